The highest BCUT2D eigenvalue weighted by Gasteiger charge is 2.28. The summed E-state index contributed by atoms with van der Waals surface area (Å²) in [6.07, 6.45) is 5.53. The maximum atomic E-state index is 4.16. The zero-order chi connectivity index (χ0) is 11.9. The smallest absolute Gasteiger partial charge is 0.0782 e. The topological polar surface area (TPSA) is 3.24 Å². The third-order valence-corrected chi connectivity index (χ3v) is 9.13. The van der Waals surface area contributed by atoms with Crippen molar-refractivity contribution in [1.29, 1.82) is 0 Å². The van der Waals surface area contributed by atoms with Crippen LogP contribution in [0.2, 0.25) is 18.1 Å². The molecule has 0 saturated carbocycles. The molecule has 16 heavy (non-hydrogen) atoms. The minimum Gasteiger partial charge on any atom is -0.304 e. The molecule has 0 bridgehead atoms. The summed E-state index contributed by atoms with van der Waals surface area (Å²) >= 11 is 0. The van der Waals surface area contributed by atoms with Gasteiger partial charge in [0.05, 0.1) is 8.07 Å². The van der Waals surface area contributed by atoms with E-state index in [0.717, 1.165) is 0 Å². The van der Waals surface area contributed by atoms with E-state index in [-0.39, 0.29) is 0 Å². The second-order valence-corrected chi connectivity index (χ2v) is 10.00. The fourth-order valence-electron chi connectivity index (χ4n) is 3.06. The van der Waals surface area contributed by atoms with Crippen molar-refractivity contribution >= 4 is 8.07 Å². The van der Waals surface area contributed by atoms with Crippen LogP contribution in [0.15, 0.2) is 12.3 Å². The highest BCUT2D eigenvalue weighted by Crippen LogP contribution is 2.26. The van der Waals surface area contributed by atoms with E-state index in [4.69, 9.17) is 0 Å². The lowest BCUT2D eigenvalue weighted by atomic mass is 10.4. The minimum absolute atomic E-state index is 1.11. The van der Waals surface area contributed by atoms with Gasteiger partial charge in [0, 0.05) is 0 Å². The van der Waals surface area contributed by atoms with Crippen LogP contribution in [0.4, 0.5) is 0 Å². The Bertz CT molecular complexity index is 191. The number of hydrogen-bond acceptors (Lipinski definition) is 1. The van der Waals surface area contributed by atoms with Crippen molar-refractivity contribution in [1.82, 2.24) is 4.90 Å². The molecule has 0 aromatic heterocycles. The molecule has 2 heteroatoms. The van der Waals surface area contributed by atoms with Gasteiger partial charge < -0.3 is 4.90 Å². The van der Waals surface area contributed by atoms with Gasteiger partial charge in [-0.25, -0.2) is 0 Å². The molecule has 1 nitrogen and oxygen atoms in total. The molecule has 1 heterocycles. The van der Waals surface area contributed by atoms with Gasteiger partial charge in [0.2, 0.25) is 0 Å². The molecule has 1 aliphatic heterocycles. The lowest BCUT2D eigenvalue weighted by Gasteiger charge is -2.30. The molecule has 0 atom stereocenters. The number of nitrogens with zero attached hydrogens (tertiary/aromatic N) is 1. The first-order valence-electron chi connectivity index (χ1n) is 7.12. The van der Waals surface area contributed by atoms with Gasteiger partial charge in [-0.15, -0.1) is 12.3 Å². The predicted octanol–water partition coefficient (Wildman–Crippen LogP) is 4.08. The van der Waals surface area contributed by atoms with E-state index in [1.54, 1.807) is 0 Å². The Kier molecular flexibility index (Phi) is 6.36. The minimum atomic E-state index is -1.11. The maximum Gasteiger partial charge on any atom is 0.0782 e. The van der Waals surface area contributed by atoms with Crippen LogP contribution >= 0.6 is 0 Å². The first-order chi connectivity index (χ1) is 7.76. The summed E-state index contributed by atoms with van der Waals surface area (Å²) in [4.78, 5) is 2.66. The lowest BCUT2D eigenvalue weighted by molar-refractivity contribution is 0.357. The Hall–Kier alpha value is -0.0831. The molecule has 1 rings (SSSR count). The molecule has 0 N–H and O–H groups in total. The summed E-state index contributed by atoms with van der Waals surface area (Å²) in [6.45, 7) is 12.9. The van der Waals surface area contributed by atoms with Crippen LogP contribution in [0.5, 0.6) is 0 Å². The molecular formula is C14H29NSi. The molecule has 0 aromatic rings. The van der Waals surface area contributed by atoms with Crippen LogP contribution in [-0.4, -0.2) is 32.6 Å². The molecule has 0 aliphatic carbocycles. The highest BCUT2D eigenvalue weighted by atomic mass is 28.3. The largest absolute Gasteiger partial charge is 0.304 e. The summed E-state index contributed by atoms with van der Waals surface area (Å²) < 4.78 is 0. The van der Waals surface area contributed by atoms with Crippen molar-refractivity contribution in [2.75, 3.05) is 19.6 Å². The first kappa shape index (κ1) is 14.0. The molecule has 0 unspecified atom stereocenters. The summed E-state index contributed by atoms with van der Waals surface area (Å²) in [6, 6.07) is 4.37. The van der Waals surface area contributed by atoms with Gasteiger partial charge in [-0.05, 0) is 38.5 Å². The normalized spacial score (nSPS) is 17.9. The van der Waals surface area contributed by atoms with Crippen LogP contribution in [-0.2, 0) is 0 Å². The Labute approximate surface area is 103 Å². The van der Waals surface area contributed by atoms with Gasteiger partial charge in [-0.1, -0.05) is 38.8 Å². The summed E-state index contributed by atoms with van der Waals surface area (Å²) in [5.74, 6) is 0. The van der Waals surface area contributed by atoms with Crippen LogP contribution < -0.4 is 0 Å². The molecule has 0 radical (unpaired) electrons. The van der Waals surface area contributed by atoms with Crippen LogP contribution in [0.1, 0.15) is 39.5 Å². The predicted molar refractivity (Wildman–Crippen MR) is 76.6 cm³/mol. The van der Waals surface area contributed by atoms with E-state index >= 15 is 0 Å². The van der Waals surface area contributed by atoms with Gasteiger partial charge in [0.25, 0.3) is 0 Å². The number of likely N-dealkylation sites (tertiary alicyclic amines) is 1. The zero-order valence-corrected chi connectivity index (χ0v) is 12.3. The molecular weight excluding hydrogens is 210 g/mol. The number of hydrogen-bond donors (Lipinski definition) is 0. The third kappa shape index (κ3) is 4.06. The van der Waals surface area contributed by atoms with Crippen LogP contribution in [0.3, 0.4) is 0 Å². The Morgan fingerprint density at radius 2 is 1.62 bits per heavy atom. The number of rotatable bonds is 8. The van der Waals surface area contributed by atoms with Gasteiger partial charge in [0.15, 0.2) is 0 Å². The second-order valence-electron chi connectivity index (χ2n) is 5.37. The van der Waals surface area contributed by atoms with Crippen LogP contribution in [0, 0.1) is 0 Å². The molecule has 1 fully saturated rings. The average molecular weight is 239 g/mol. The standard InChI is InChI=1S/C14H29NSi/c1-4-12-16(6-3,13-5-2)14-11-15-9-7-8-10-15/h6H,3-5,7-14H2,1-2H3. The van der Waals surface area contributed by atoms with Crippen molar-refractivity contribution in [3.63, 3.8) is 0 Å². The maximum absolute atomic E-state index is 4.16. The van der Waals surface area contributed by atoms with Crippen molar-refractivity contribution in [3.8, 4) is 0 Å². The Morgan fingerprint density at radius 3 is 2.06 bits per heavy atom. The fourth-order valence-corrected chi connectivity index (χ4v) is 7.18. The molecule has 1 aliphatic rings. The first-order valence-corrected chi connectivity index (χ1v) is 9.82. The van der Waals surface area contributed by atoms with Gasteiger partial charge >= 0.3 is 0 Å². The molecule has 1 saturated heterocycles. The summed E-state index contributed by atoms with van der Waals surface area (Å²) in [5.41, 5.74) is 2.38. The van der Waals surface area contributed by atoms with E-state index < -0.39 is 8.07 Å². The summed E-state index contributed by atoms with van der Waals surface area (Å²) in [5, 5.41) is 0. The van der Waals surface area contributed by atoms with Crippen molar-refractivity contribution in [2.45, 2.75) is 57.7 Å². The van der Waals surface area contributed by atoms with E-state index in [0.29, 0.717) is 0 Å². The molecule has 0 aromatic carbocycles. The lowest BCUT2D eigenvalue weighted by Crippen LogP contribution is -2.36. The second kappa shape index (κ2) is 7.28. The third-order valence-electron chi connectivity index (χ3n) is 4.05. The SMILES string of the molecule is C=C[Si](CCC)(CCC)CCN1CCCC1. The highest BCUT2D eigenvalue weighted by molar-refractivity contribution is 6.84. The Balaban J connectivity index is 2.43. The van der Waals surface area contributed by atoms with E-state index in [9.17, 15) is 0 Å². The van der Waals surface area contributed by atoms with E-state index in [1.165, 1.54) is 63.4 Å². The van der Waals surface area contributed by atoms with Crippen molar-refractivity contribution < 1.29 is 0 Å². The monoisotopic (exact) mass is 239 g/mol. The molecule has 94 valence electrons. The quantitative estimate of drug-likeness (QED) is 0.577. The van der Waals surface area contributed by atoms with E-state index in [2.05, 4.69) is 31.0 Å². The van der Waals surface area contributed by atoms with Gasteiger partial charge in [-0.3, -0.25) is 0 Å². The van der Waals surface area contributed by atoms with Crippen LogP contribution in [0.25, 0.3) is 0 Å². The summed E-state index contributed by atoms with van der Waals surface area (Å²) in [7, 11) is -1.11. The van der Waals surface area contributed by atoms with E-state index in [1.807, 2.05) is 0 Å². The molecule has 0 spiro atoms. The van der Waals surface area contributed by atoms with Crippen molar-refractivity contribution in [2.24, 2.45) is 0 Å². The van der Waals surface area contributed by atoms with Gasteiger partial charge in [0.1, 0.15) is 0 Å². The van der Waals surface area contributed by atoms with Crippen molar-refractivity contribution in [3.05, 3.63) is 12.3 Å². The fraction of sp³-hybridized carbons (Fsp3) is 0.857. The van der Waals surface area contributed by atoms with Gasteiger partial charge in [-0.2, -0.15) is 0 Å². The zero-order valence-electron chi connectivity index (χ0n) is 11.3. The average Bonchev–Trinajstić information content (AvgIpc) is 2.79. The molecule has 0 amide bonds. The Morgan fingerprint density at radius 1 is 1.06 bits per heavy atom.